The minimum atomic E-state index is -0.471. The number of methoxy groups -OCH3 is 1. The van der Waals surface area contributed by atoms with Gasteiger partial charge < -0.3 is 4.74 Å². The Balaban J connectivity index is 1.95. The quantitative estimate of drug-likeness (QED) is 0.621. The second-order valence-electron chi connectivity index (χ2n) is 5.52. The van der Waals surface area contributed by atoms with E-state index in [0.29, 0.717) is 16.9 Å². The molecule has 25 heavy (non-hydrogen) atoms. The molecule has 0 aliphatic carbocycles. The van der Waals surface area contributed by atoms with Crippen molar-refractivity contribution in [2.24, 2.45) is 7.05 Å². The Hall–Kier alpha value is -3.42. The van der Waals surface area contributed by atoms with Gasteiger partial charge in [-0.25, -0.2) is 13.9 Å². The van der Waals surface area contributed by atoms with Crippen molar-refractivity contribution in [3.05, 3.63) is 58.9 Å². The summed E-state index contributed by atoms with van der Waals surface area (Å²) in [5.41, 5.74) is 2.79. The summed E-state index contributed by atoms with van der Waals surface area (Å²) in [5.74, 6) is -0.373. The third kappa shape index (κ3) is 2.38. The van der Waals surface area contributed by atoms with Crippen molar-refractivity contribution in [3.63, 3.8) is 0 Å². The Morgan fingerprint density at radius 1 is 1.24 bits per heavy atom. The van der Waals surface area contributed by atoms with Crippen molar-refractivity contribution in [2.45, 2.75) is 0 Å². The van der Waals surface area contributed by atoms with Gasteiger partial charge in [-0.1, -0.05) is 0 Å². The van der Waals surface area contributed by atoms with E-state index in [9.17, 15) is 9.18 Å². The highest BCUT2D eigenvalue weighted by atomic mass is 19.1. The normalized spacial score (nSPS) is 11.2. The molecule has 4 rings (SSSR count). The molecule has 8 heteroatoms. The molecule has 0 aliphatic heterocycles. The maximum Gasteiger partial charge on any atom is 0.273 e. The molecule has 0 saturated carbocycles. The van der Waals surface area contributed by atoms with E-state index in [4.69, 9.17) is 4.74 Å². The highest BCUT2D eigenvalue weighted by molar-refractivity contribution is 5.76. The van der Waals surface area contributed by atoms with E-state index in [1.165, 1.54) is 29.8 Å². The first-order chi connectivity index (χ1) is 12.1. The van der Waals surface area contributed by atoms with Crippen LogP contribution in [-0.4, -0.2) is 31.5 Å². The van der Waals surface area contributed by atoms with Gasteiger partial charge in [-0.05, 0) is 24.3 Å². The van der Waals surface area contributed by atoms with Crippen LogP contribution in [0.15, 0.2) is 47.5 Å². The monoisotopic (exact) mass is 339 g/mol. The summed E-state index contributed by atoms with van der Waals surface area (Å²) in [4.78, 5) is 17.0. The highest BCUT2D eigenvalue weighted by Gasteiger charge is 2.15. The second kappa shape index (κ2) is 5.59. The van der Waals surface area contributed by atoms with Gasteiger partial charge in [-0.2, -0.15) is 5.10 Å². The van der Waals surface area contributed by atoms with Crippen LogP contribution in [0.25, 0.3) is 28.2 Å². The summed E-state index contributed by atoms with van der Waals surface area (Å²) in [5, 5.41) is 7.04. The fourth-order valence-electron chi connectivity index (χ4n) is 2.77. The average molecular weight is 339 g/mol. The number of H-pyrrole nitrogens is 1. The number of hydrogen-bond donors (Lipinski definition) is 1. The third-order valence-corrected chi connectivity index (χ3v) is 4.04. The zero-order valence-corrected chi connectivity index (χ0v) is 13.5. The van der Waals surface area contributed by atoms with Gasteiger partial charge in [-0.15, -0.1) is 0 Å². The number of fused-ring (bicyclic) bond motifs is 1. The lowest BCUT2D eigenvalue weighted by atomic mass is 10.1. The fourth-order valence-corrected chi connectivity index (χ4v) is 2.77. The van der Waals surface area contributed by atoms with Gasteiger partial charge in [0.05, 0.1) is 24.1 Å². The van der Waals surface area contributed by atoms with Gasteiger partial charge >= 0.3 is 0 Å². The van der Waals surface area contributed by atoms with Gasteiger partial charge in [0.15, 0.2) is 17.2 Å². The van der Waals surface area contributed by atoms with Gasteiger partial charge in [-0.3, -0.25) is 14.6 Å². The number of aryl methyl sites for hydroxylation is 1. The molecule has 1 aromatic carbocycles. The lowest BCUT2D eigenvalue weighted by molar-refractivity contribution is 0.387. The lowest BCUT2D eigenvalue weighted by Crippen LogP contribution is -2.14. The molecule has 0 atom stereocenters. The van der Waals surface area contributed by atoms with Crippen molar-refractivity contribution >= 4 is 5.65 Å². The Bertz CT molecular complexity index is 1140. The average Bonchev–Trinajstić information content (AvgIpc) is 3.21. The molecule has 1 N–H and O–H groups in total. The topological polar surface area (TPSA) is 77.2 Å². The number of ether oxygens (including phenoxy) is 1. The zero-order valence-electron chi connectivity index (χ0n) is 13.5. The molecule has 7 nitrogen and oxygen atoms in total. The van der Waals surface area contributed by atoms with Crippen LogP contribution in [0.1, 0.15) is 0 Å². The Morgan fingerprint density at radius 3 is 2.80 bits per heavy atom. The summed E-state index contributed by atoms with van der Waals surface area (Å²) in [6, 6.07) is 7.60. The molecule has 3 aromatic heterocycles. The molecule has 0 radical (unpaired) electrons. The minimum Gasteiger partial charge on any atom is -0.494 e. The van der Waals surface area contributed by atoms with E-state index in [1.807, 2.05) is 13.1 Å². The van der Waals surface area contributed by atoms with Crippen molar-refractivity contribution in [1.82, 2.24) is 24.4 Å². The van der Waals surface area contributed by atoms with E-state index in [-0.39, 0.29) is 11.3 Å². The first kappa shape index (κ1) is 15.1. The van der Waals surface area contributed by atoms with Crippen LogP contribution in [0, 0.1) is 5.82 Å². The fraction of sp³-hybridized carbons (Fsp3) is 0.118. The minimum absolute atomic E-state index is 0.0976. The summed E-state index contributed by atoms with van der Waals surface area (Å²) >= 11 is 0. The number of aromatic amines is 1. The predicted molar refractivity (Wildman–Crippen MR) is 90.0 cm³/mol. The van der Waals surface area contributed by atoms with Crippen molar-refractivity contribution in [3.8, 4) is 28.3 Å². The molecule has 0 fully saturated rings. The molecular formula is C17H14FN5O2. The predicted octanol–water partition coefficient (Wildman–Crippen LogP) is 2.24. The summed E-state index contributed by atoms with van der Waals surface area (Å²) in [7, 11) is 3.20. The van der Waals surface area contributed by atoms with E-state index in [2.05, 4.69) is 15.2 Å². The van der Waals surface area contributed by atoms with Crippen molar-refractivity contribution < 1.29 is 9.13 Å². The number of nitrogens with one attached hydrogen (secondary N) is 1. The van der Waals surface area contributed by atoms with Gasteiger partial charge in [0, 0.05) is 31.1 Å². The molecule has 0 amide bonds. The molecule has 3 heterocycles. The Kier molecular flexibility index (Phi) is 3.38. The summed E-state index contributed by atoms with van der Waals surface area (Å²) in [6.07, 6.45) is 3.38. The van der Waals surface area contributed by atoms with Crippen LogP contribution in [0.5, 0.6) is 5.75 Å². The van der Waals surface area contributed by atoms with Crippen molar-refractivity contribution in [1.29, 1.82) is 0 Å². The number of hydrogen-bond acceptors (Lipinski definition) is 4. The number of halogens is 1. The third-order valence-electron chi connectivity index (χ3n) is 4.04. The molecule has 126 valence electrons. The maximum absolute atomic E-state index is 13.6. The highest BCUT2D eigenvalue weighted by Crippen LogP contribution is 2.27. The van der Waals surface area contributed by atoms with E-state index < -0.39 is 5.82 Å². The van der Waals surface area contributed by atoms with Crippen LogP contribution < -0.4 is 10.3 Å². The maximum atomic E-state index is 13.6. The Labute approximate surface area is 141 Å². The van der Waals surface area contributed by atoms with Crippen LogP contribution in [-0.2, 0) is 7.05 Å². The largest absolute Gasteiger partial charge is 0.494 e. The van der Waals surface area contributed by atoms with Gasteiger partial charge in [0.1, 0.15) is 0 Å². The number of aromatic nitrogens is 5. The number of benzene rings is 1. The molecule has 0 unspecified atom stereocenters. The SMILES string of the molecule is COc1cc(-c2cc(=O)n3[nH]cc(-c4ccnn4C)c3n2)ccc1F. The summed E-state index contributed by atoms with van der Waals surface area (Å²) in [6.45, 7) is 0. The molecule has 0 aliphatic rings. The lowest BCUT2D eigenvalue weighted by Gasteiger charge is -2.06. The van der Waals surface area contributed by atoms with E-state index in [0.717, 1.165) is 11.3 Å². The van der Waals surface area contributed by atoms with Gasteiger partial charge in [0.2, 0.25) is 0 Å². The van der Waals surface area contributed by atoms with Gasteiger partial charge in [0.25, 0.3) is 5.56 Å². The van der Waals surface area contributed by atoms with Crippen molar-refractivity contribution in [2.75, 3.05) is 7.11 Å². The van der Waals surface area contributed by atoms with E-state index in [1.54, 1.807) is 23.1 Å². The van der Waals surface area contributed by atoms with Crippen LogP contribution >= 0.6 is 0 Å². The molecule has 0 saturated heterocycles. The molecule has 4 aromatic rings. The van der Waals surface area contributed by atoms with Crippen LogP contribution in [0.2, 0.25) is 0 Å². The second-order valence-corrected chi connectivity index (χ2v) is 5.52. The van der Waals surface area contributed by atoms with Crippen LogP contribution in [0.4, 0.5) is 4.39 Å². The van der Waals surface area contributed by atoms with Crippen LogP contribution in [0.3, 0.4) is 0 Å². The zero-order chi connectivity index (χ0) is 17.6. The number of rotatable bonds is 3. The van der Waals surface area contributed by atoms with E-state index >= 15 is 0 Å². The first-order valence-corrected chi connectivity index (χ1v) is 7.52. The standard InChI is InChI=1S/C17H14FN5O2/c1-22-14(5-6-19-22)11-9-20-23-16(24)8-13(21-17(11)23)10-3-4-12(18)15(7-10)25-2/h3-9,20H,1-2H3. The Morgan fingerprint density at radius 2 is 2.08 bits per heavy atom. The number of nitrogens with zero attached hydrogens (tertiary/aromatic N) is 4. The molecule has 0 spiro atoms. The smallest absolute Gasteiger partial charge is 0.273 e. The molecule has 0 bridgehead atoms. The summed E-state index contributed by atoms with van der Waals surface area (Å²) < 4.78 is 21.7. The first-order valence-electron chi connectivity index (χ1n) is 7.52. The molecular weight excluding hydrogens is 325 g/mol.